The van der Waals surface area contributed by atoms with Gasteiger partial charge >= 0.3 is 0 Å². The predicted octanol–water partition coefficient (Wildman–Crippen LogP) is 2.61. The molecule has 0 N–H and O–H groups in total. The molecule has 0 bridgehead atoms. The Labute approximate surface area is 158 Å². The Balaban J connectivity index is 1.29. The molecule has 9 heteroatoms. The number of likely N-dealkylation sites (tertiary alicyclic amines) is 1. The van der Waals surface area contributed by atoms with Gasteiger partial charge in [-0.05, 0) is 25.0 Å². The van der Waals surface area contributed by atoms with E-state index in [9.17, 15) is 14.4 Å². The van der Waals surface area contributed by atoms with Crippen LogP contribution in [0.25, 0.3) is 11.1 Å². The molecule has 0 aliphatic carbocycles. The molecule has 2 aliphatic rings. The van der Waals surface area contributed by atoms with Crippen LogP contribution in [0, 0.1) is 0 Å². The average Bonchev–Trinajstić information content (AvgIpc) is 3.22. The first-order chi connectivity index (χ1) is 12.6. The second kappa shape index (κ2) is 7.32. The molecular weight excluding hydrogens is 374 g/mol. The summed E-state index contributed by atoms with van der Waals surface area (Å²) in [5, 5.41) is 0.325. The topological polar surface area (TPSA) is 83.7 Å². The third-order valence-electron chi connectivity index (χ3n) is 4.56. The molecule has 26 heavy (non-hydrogen) atoms. The van der Waals surface area contributed by atoms with Crippen LogP contribution in [0.4, 0.5) is 4.79 Å². The molecule has 4 rings (SSSR count). The van der Waals surface area contributed by atoms with Crippen LogP contribution in [0.15, 0.2) is 33.9 Å². The van der Waals surface area contributed by atoms with Gasteiger partial charge in [0.15, 0.2) is 5.58 Å². The van der Waals surface area contributed by atoms with Crippen molar-refractivity contribution in [1.82, 2.24) is 14.8 Å². The fourth-order valence-corrected chi connectivity index (χ4v) is 4.74. The molecular formula is C17H17N3O4S2. The first-order valence-electron chi connectivity index (χ1n) is 8.37. The summed E-state index contributed by atoms with van der Waals surface area (Å²) in [6.07, 6.45) is 1.27. The number of hydrogen-bond donors (Lipinski definition) is 0. The fourth-order valence-electron chi connectivity index (χ4n) is 3.22. The summed E-state index contributed by atoms with van der Waals surface area (Å²) in [6.45, 7) is 1.11. The fraction of sp³-hybridized carbons (Fsp3) is 0.412. The highest BCUT2D eigenvalue weighted by molar-refractivity contribution is 8.14. The van der Waals surface area contributed by atoms with Crippen molar-refractivity contribution in [2.75, 3.05) is 24.6 Å². The number of hydrogen-bond acceptors (Lipinski definition) is 7. The number of carbonyl (C=O) groups is 3. The predicted molar refractivity (Wildman–Crippen MR) is 99.0 cm³/mol. The molecule has 2 fully saturated rings. The minimum Gasteiger partial charge on any atom is -0.431 e. The highest BCUT2D eigenvalue weighted by atomic mass is 32.2. The number of aromatic nitrogens is 1. The number of imide groups is 1. The summed E-state index contributed by atoms with van der Waals surface area (Å²) < 4.78 is 5.61. The van der Waals surface area contributed by atoms with E-state index in [1.807, 2.05) is 24.3 Å². The lowest BCUT2D eigenvalue weighted by Gasteiger charge is -2.35. The van der Waals surface area contributed by atoms with E-state index in [-0.39, 0.29) is 34.6 Å². The molecule has 0 saturated carbocycles. The van der Waals surface area contributed by atoms with E-state index in [1.54, 1.807) is 4.90 Å². The van der Waals surface area contributed by atoms with Crippen molar-refractivity contribution in [2.45, 2.75) is 24.1 Å². The van der Waals surface area contributed by atoms with E-state index in [1.165, 1.54) is 16.7 Å². The zero-order valence-electron chi connectivity index (χ0n) is 13.9. The molecule has 0 radical (unpaired) electrons. The van der Waals surface area contributed by atoms with Gasteiger partial charge in [0, 0.05) is 19.1 Å². The van der Waals surface area contributed by atoms with E-state index in [0.29, 0.717) is 36.7 Å². The van der Waals surface area contributed by atoms with Crippen LogP contribution in [0.2, 0.25) is 0 Å². The molecule has 2 aromatic rings. The molecule has 1 aromatic heterocycles. The molecule has 2 aliphatic heterocycles. The highest BCUT2D eigenvalue weighted by Gasteiger charge is 2.37. The van der Waals surface area contributed by atoms with Crippen molar-refractivity contribution < 1.29 is 18.8 Å². The van der Waals surface area contributed by atoms with E-state index in [2.05, 4.69) is 4.98 Å². The lowest BCUT2D eigenvalue weighted by atomic mass is 10.0. The molecule has 0 spiro atoms. The number of nitrogens with zero attached hydrogens (tertiary/aromatic N) is 3. The minimum absolute atomic E-state index is 0.0177. The smallest absolute Gasteiger partial charge is 0.289 e. The minimum atomic E-state index is -0.161. The Kier molecular flexibility index (Phi) is 4.90. The van der Waals surface area contributed by atoms with E-state index in [4.69, 9.17) is 4.42 Å². The van der Waals surface area contributed by atoms with Crippen LogP contribution in [-0.4, -0.2) is 62.5 Å². The Hall–Kier alpha value is -2.00. The van der Waals surface area contributed by atoms with Gasteiger partial charge in [-0.1, -0.05) is 35.7 Å². The van der Waals surface area contributed by atoms with Gasteiger partial charge in [0.25, 0.3) is 10.5 Å². The third-order valence-corrected chi connectivity index (χ3v) is 6.21. The standard InChI is InChI=1S/C17H17N3O4S2/c21-14(9-25-16-18-12-3-1-2-4-13(12)24-16)19-7-5-11(6-8-19)20-15(22)10-26-17(20)23/h1-4,11H,5-10H2. The van der Waals surface area contributed by atoms with Gasteiger partial charge in [0.2, 0.25) is 11.8 Å². The van der Waals surface area contributed by atoms with Crippen LogP contribution in [0.1, 0.15) is 12.8 Å². The van der Waals surface area contributed by atoms with Crippen molar-refractivity contribution in [3.8, 4) is 0 Å². The van der Waals surface area contributed by atoms with Crippen molar-refractivity contribution in [3.63, 3.8) is 0 Å². The molecule has 0 atom stereocenters. The van der Waals surface area contributed by atoms with E-state index < -0.39 is 0 Å². The Morgan fingerprint density at radius 1 is 1.27 bits per heavy atom. The van der Waals surface area contributed by atoms with E-state index in [0.717, 1.165) is 17.3 Å². The van der Waals surface area contributed by atoms with Crippen LogP contribution >= 0.6 is 23.5 Å². The maximum absolute atomic E-state index is 12.4. The monoisotopic (exact) mass is 391 g/mol. The van der Waals surface area contributed by atoms with Crippen LogP contribution in [0.5, 0.6) is 0 Å². The number of oxazole rings is 1. The molecule has 2 saturated heterocycles. The number of rotatable bonds is 4. The lowest BCUT2D eigenvalue weighted by Crippen LogP contribution is -2.48. The molecule has 136 valence electrons. The summed E-state index contributed by atoms with van der Waals surface area (Å²) in [4.78, 5) is 43.6. The molecule has 0 unspecified atom stereocenters. The Morgan fingerprint density at radius 2 is 2.04 bits per heavy atom. The van der Waals surface area contributed by atoms with Crippen molar-refractivity contribution in [2.24, 2.45) is 0 Å². The summed E-state index contributed by atoms with van der Waals surface area (Å²) in [7, 11) is 0. The van der Waals surface area contributed by atoms with Gasteiger partial charge in [0.05, 0.1) is 11.5 Å². The highest BCUT2D eigenvalue weighted by Crippen LogP contribution is 2.27. The summed E-state index contributed by atoms with van der Waals surface area (Å²) in [6, 6.07) is 7.40. The first-order valence-corrected chi connectivity index (χ1v) is 10.3. The second-order valence-electron chi connectivity index (χ2n) is 6.17. The molecule has 7 nitrogen and oxygen atoms in total. The third kappa shape index (κ3) is 3.45. The number of carbonyl (C=O) groups excluding carboxylic acids is 3. The van der Waals surface area contributed by atoms with Crippen molar-refractivity contribution in [1.29, 1.82) is 0 Å². The number of thioether (sulfide) groups is 2. The van der Waals surface area contributed by atoms with Gasteiger partial charge in [-0.15, -0.1) is 0 Å². The molecule has 1 aromatic carbocycles. The number of amides is 3. The van der Waals surface area contributed by atoms with E-state index >= 15 is 0 Å². The van der Waals surface area contributed by atoms with Gasteiger partial charge < -0.3 is 9.32 Å². The van der Waals surface area contributed by atoms with Gasteiger partial charge in [-0.25, -0.2) is 4.98 Å². The molecule has 3 heterocycles. The van der Waals surface area contributed by atoms with Crippen LogP contribution in [0.3, 0.4) is 0 Å². The average molecular weight is 391 g/mol. The van der Waals surface area contributed by atoms with Crippen LogP contribution < -0.4 is 0 Å². The lowest BCUT2D eigenvalue weighted by molar-refractivity contribution is -0.131. The van der Waals surface area contributed by atoms with Gasteiger partial charge in [0.1, 0.15) is 5.52 Å². The maximum Gasteiger partial charge on any atom is 0.289 e. The van der Waals surface area contributed by atoms with Gasteiger partial charge in [-0.3, -0.25) is 19.3 Å². The SMILES string of the molecule is O=C(CSc1nc2ccccc2o1)N1CCC(N2C(=O)CSC2=O)CC1. The zero-order chi connectivity index (χ0) is 18.1. The first kappa shape index (κ1) is 17.4. The number of fused-ring (bicyclic) bond motifs is 1. The summed E-state index contributed by atoms with van der Waals surface area (Å²) in [5.41, 5.74) is 1.49. The Morgan fingerprint density at radius 3 is 2.73 bits per heavy atom. The van der Waals surface area contributed by atoms with Crippen LogP contribution in [-0.2, 0) is 9.59 Å². The number of para-hydroxylation sites is 2. The number of piperidine rings is 1. The van der Waals surface area contributed by atoms with Gasteiger partial charge in [-0.2, -0.15) is 0 Å². The summed E-state index contributed by atoms with van der Waals surface area (Å²) >= 11 is 2.34. The number of benzene rings is 1. The second-order valence-corrected chi connectivity index (χ2v) is 8.02. The Bertz CT molecular complexity index is 812. The van der Waals surface area contributed by atoms with Crippen molar-refractivity contribution >= 4 is 51.7 Å². The maximum atomic E-state index is 12.4. The largest absolute Gasteiger partial charge is 0.431 e. The quantitative estimate of drug-likeness (QED) is 0.741. The summed E-state index contributed by atoms with van der Waals surface area (Å²) in [5.74, 6) is 0.397. The molecule has 3 amide bonds. The van der Waals surface area contributed by atoms with Crippen molar-refractivity contribution in [3.05, 3.63) is 24.3 Å². The normalized spacial score (nSPS) is 18.9. The zero-order valence-corrected chi connectivity index (χ0v) is 15.6.